The lowest BCUT2D eigenvalue weighted by Crippen LogP contribution is -2.55. The monoisotopic (exact) mass is 296 g/mol. The van der Waals surface area contributed by atoms with Crippen molar-refractivity contribution >= 4 is 12.0 Å². The van der Waals surface area contributed by atoms with Gasteiger partial charge in [-0.15, -0.1) is 0 Å². The van der Waals surface area contributed by atoms with E-state index in [-0.39, 0.29) is 24.0 Å². The number of piperidine rings is 2. The minimum atomic E-state index is -0.473. The van der Waals surface area contributed by atoms with Crippen molar-refractivity contribution in [1.29, 1.82) is 0 Å². The Hall–Kier alpha value is -1.26. The molecule has 0 aromatic heterocycles. The molecule has 0 aliphatic carbocycles. The smallest absolute Gasteiger partial charge is 0.410 e. The minimum Gasteiger partial charge on any atom is -0.444 e. The molecule has 2 heterocycles. The summed E-state index contributed by atoms with van der Waals surface area (Å²) in [5.74, 6) is 0.368. The zero-order valence-corrected chi connectivity index (χ0v) is 13.7. The highest BCUT2D eigenvalue weighted by Gasteiger charge is 2.35. The van der Waals surface area contributed by atoms with Gasteiger partial charge in [0.1, 0.15) is 5.60 Å². The van der Waals surface area contributed by atoms with Crippen molar-refractivity contribution in [3.63, 3.8) is 0 Å². The van der Waals surface area contributed by atoms with Crippen molar-refractivity contribution in [2.45, 2.75) is 65.0 Å². The zero-order valence-electron chi connectivity index (χ0n) is 13.7. The van der Waals surface area contributed by atoms with Gasteiger partial charge in [-0.25, -0.2) is 4.79 Å². The van der Waals surface area contributed by atoms with Crippen molar-refractivity contribution in [1.82, 2.24) is 9.80 Å². The molecule has 2 rings (SSSR count). The van der Waals surface area contributed by atoms with Gasteiger partial charge >= 0.3 is 6.09 Å². The molecule has 2 amide bonds. The van der Waals surface area contributed by atoms with Gasteiger partial charge in [-0.05, 0) is 46.5 Å². The molecule has 120 valence electrons. The summed E-state index contributed by atoms with van der Waals surface area (Å²) in [5, 5.41) is 0. The van der Waals surface area contributed by atoms with E-state index >= 15 is 0 Å². The topological polar surface area (TPSA) is 49.9 Å². The Bertz CT molecular complexity index is 403. The molecular formula is C16H28N2O3. The molecule has 1 unspecified atom stereocenters. The first-order chi connectivity index (χ1) is 9.78. The van der Waals surface area contributed by atoms with Crippen LogP contribution >= 0.6 is 0 Å². The second-order valence-corrected chi connectivity index (χ2v) is 7.30. The highest BCUT2D eigenvalue weighted by atomic mass is 16.6. The summed E-state index contributed by atoms with van der Waals surface area (Å²) in [6.07, 6.45) is 3.71. The maximum Gasteiger partial charge on any atom is 0.410 e. The van der Waals surface area contributed by atoms with E-state index in [0.29, 0.717) is 6.54 Å². The molecule has 0 radical (unpaired) electrons. The Morgan fingerprint density at radius 2 is 1.86 bits per heavy atom. The number of ether oxygens (including phenoxy) is 1. The van der Waals surface area contributed by atoms with E-state index in [1.807, 2.05) is 32.6 Å². The summed E-state index contributed by atoms with van der Waals surface area (Å²) in [5.41, 5.74) is -0.473. The lowest BCUT2D eigenvalue weighted by Gasteiger charge is -2.42. The number of carbonyl (C=O) groups is 2. The first-order valence-corrected chi connectivity index (χ1v) is 8.06. The average Bonchev–Trinajstić information content (AvgIpc) is 2.40. The van der Waals surface area contributed by atoms with Gasteiger partial charge in [0, 0.05) is 31.6 Å². The van der Waals surface area contributed by atoms with Crippen LogP contribution in [0.25, 0.3) is 0 Å². The number of hydrogen-bond acceptors (Lipinski definition) is 3. The molecule has 2 saturated heterocycles. The molecule has 2 aliphatic rings. The summed E-state index contributed by atoms with van der Waals surface area (Å²) in [7, 11) is 0. The van der Waals surface area contributed by atoms with E-state index < -0.39 is 5.60 Å². The molecular weight excluding hydrogens is 268 g/mol. The van der Waals surface area contributed by atoms with Gasteiger partial charge in [-0.3, -0.25) is 4.79 Å². The third-order valence-electron chi connectivity index (χ3n) is 4.23. The predicted molar refractivity (Wildman–Crippen MR) is 80.9 cm³/mol. The van der Waals surface area contributed by atoms with Crippen LogP contribution in [0, 0.1) is 5.92 Å². The summed E-state index contributed by atoms with van der Waals surface area (Å²) in [6.45, 7) is 9.79. The summed E-state index contributed by atoms with van der Waals surface area (Å²) >= 11 is 0. The summed E-state index contributed by atoms with van der Waals surface area (Å²) in [6, 6.07) is 0.154. The van der Waals surface area contributed by atoms with Crippen LogP contribution in [0.1, 0.15) is 53.4 Å². The van der Waals surface area contributed by atoms with E-state index in [0.717, 1.165) is 38.8 Å². The Labute approximate surface area is 127 Å². The molecule has 5 nitrogen and oxygen atoms in total. The molecule has 0 N–H and O–H groups in total. The van der Waals surface area contributed by atoms with Crippen molar-refractivity contribution in [2.24, 2.45) is 5.92 Å². The van der Waals surface area contributed by atoms with E-state index in [2.05, 4.69) is 0 Å². The molecule has 0 aromatic carbocycles. The largest absolute Gasteiger partial charge is 0.444 e. The fourth-order valence-electron chi connectivity index (χ4n) is 3.15. The van der Waals surface area contributed by atoms with Gasteiger partial charge in [0.2, 0.25) is 5.91 Å². The van der Waals surface area contributed by atoms with E-state index in [4.69, 9.17) is 4.74 Å². The molecule has 21 heavy (non-hydrogen) atoms. The van der Waals surface area contributed by atoms with Crippen LogP contribution in [-0.2, 0) is 9.53 Å². The number of rotatable bonds is 1. The molecule has 2 atom stereocenters. The lowest BCUT2D eigenvalue weighted by atomic mass is 9.95. The quantitative estimate of drug-likeness (QED) is 0.747. The number of carbonyl (C=O) groups excluding carboxylic acids is 2. The van der Waals surface area contributed by atoms with Gasteiger partial charge < -0.3 is 14.5 Å². The SMILES string of the molecule is CC1CCCN([C@@H]2CCCN(C(=O)OC(C)(C)C)C2)C1=O. The van der Waals surface area contributed by atoms with Gasteiger partial charge in [-0.2, -0.15) is 0 Å². The molecule has 0 saturated carbocycles. The van der Waals surface area contributed by atoms with Crippen LogP contribution in [0.15, 0.2) is 0 Å². The van der Waals surface area contributed by atoms with Crippen molar-refractivity contribution in [3.8, 4) is 0 Å². The minimum absolute atomic E-state index is 0.121. The molecule has 0 bridgehead atoms. The number of hydrogen-bond donors (Lipinski definition) is 0. The third-order valence-corrected chi connectivity index (χ3v) is 4.23. The van der Waals surface area contributed by atoms with Crippen LogP contribution in [0.5, 0.6) is 0 Å². The second kappa shape index (κ2) is 6.24. The van der Waals surface area contributed by atoms with Crippen LogP contribution in [0.4, 0.5) is 4.79 Å². The van der Waals surface area contributed by atoms with Crippen molar-refractivity contribution in [2.75, 3.05) is 19.6 Å². The Kier molecular flexibility index (Phi) is 4.79. The highest BCUT2D eigenvalue weighted by molar-refractivity contribution is 5.79. The molecule has 2 aliphatic heterocycles. The van der Waals surface area contributed by atoms with Crippen LogP contribution in [0.3, 0.4) is 0 Å². The molecule has 2 fully saturated rings. The van der Waals surface area contributed by atoms with Gasteiger partial charge in [-0.1, -0.05) is 6.92 Å². The fourth-order valence-corrected chi connectivity index (χ4v) is 3.15. The number of nitrogens with zero attached hydrogens (tertiary/aromatic N) is 2. The molecule has 0 aromatic rings. The van der Waals surface area contributed by atoms with E-state index in [1.54, 1.807) is 4.90 Å². The first kappa shape index (κ1) is 16.1. The maximum absolute atomic E-state index is 12.3. The Balaban J connectivity index is 1.97. The predicted octanol–water partition coefficient (Wildman–Crippen LogP) is 2.64. The van der Waals surface area contributed by atoms with Gasteiger partial charge in [0.25, 0.3) is 0 Å². The Morgan fingerprint density at radius 3 is 2.52 bits per heavy atom. The summed E-state index contributed by atoms with van der Waals surface area (Å²) in [4.78, 5) is 28.3. The normalized spacial score (nSPS) is 27.7. The standard InChI is InChI=1S/C16H28N2O3/c1-12-7-5-10-18(14(12)19)13-8-6-9-17(11-13)15(20)21-16(2,3)4/h12-13H,5-11H2,1-4H3/t12?,13-/m1/s1. The number of likely N-dealkylation sites (tertiary alicyclic amines) is 2. The lowest BCUT2D eigenvalue weighted by molar-refractivity contribution is -0.141. The highest BCUT2D eigenvalue weighted by Crippen LogP contribution is 2.25. The molecule has 0 spiro atoms. The molecule has 5 heteroatoms. The van der Waals surface area contributed by atoms with Gasteiger partial charge in [0.05, 0.1) is 0 Å². The third kappa shape index (κ3) is 4.11. The van der Waals surface area contributed by atoms with Crippen molar-refractivity contribution < 1.29 is 14.3 Å². The van der Waals surface area contributed by atoms with Crippen LogP contribution in [0.2, 0.25) is 0 Å². The maximum atomic E-state index is 12.3. The van der Waals surface area contributed by atoms with E-state index in [9.17, 15) is 9.59 Å². The zero-order chi connectivity index (χ0) is 15.6. The van der Waals surface area contributed by atoms with Crippen LogP contribution in [-0.4, -0.2) is 53.1 Å². The van der Waals surface area contributed by atoms with Gasteiger partial charge in [0.15, 0.2) is 0 Å². The fraction of sp³-hybridized carbons (Fsp3) is 0.875. The number of amides is 2. The second-order valence-electron chi connectivity index (χ2n) is 7.30. The van der Waals surface area contributed by atoms with Crippen molar-refractivity contribution in [3.05, 3.63) is 0 Å². The first-order valence-electron chi connectivity index (χ1n) is 8.06. The average molecular weight is 296 g/mol. The Morgan fingerprint density at radius 1 is 1.19 bits per heavy atom. The summed E-state index contributed by atoms with van der Waals surface area (Å²) < 4.78 is 5.44. The van der Waals surface area contributed by atoms with E-state index in [1.165, 1.54) is 0 Å². The van der Waals surface area contributed by atoms with Crippen LogP contribution < -0.4 is 0 Å².